The van der Waals surface area contributed by atoms with Gasteiger partial charge in [0, 0.05) is 22.8 Å². The zero-order valence-corrected chi connectivity index (χ0v) is 14.1. The molecule has 0 radical (unpaired) electrons. The van der Waals surface area contributed by atoms with Crippen LogP contribution in [0.1, 0.15) is 12.0 Å². The van der Waals surface area contributed by atoms with E-state index in [1.807, 2.05) is 30.3 Å². The van der Waals surface area contributed by atoms with Crippen LogP contribution in [-0.4, -0.2) is 18.8 Å². The smallest absolute Gasteiger partial charge is 0.225 e. The van der Waals surface area contributed by atoms with Crippen molar-refractivity contribution in [2.75, 3.05) is 18.2 Å². The Balaban J connectivity index is 1.80. The molecule has 0 bridgehead atoms. The molecule has 6 heteroatoms. The first-order valence-electron chi connectivity index (χ1n) is 6.88. The second-order valence-electron chi connectivity index (χ2n) is 4.63. The molecule has 1 N–H and O–H groups in total. The van der Waals surface area contributed by atoms with Crippen LogP contribution in [0.5, 0.6) is 5.75 Å². The van der Waals surface area contributed by atoms with Crippen LogP contribution in [0.4, 0.5) is 5.69 Å². The fourth-order valence-electron chi connectivity index (χ4n) is 1.84. The van der Waals surface area contributed by atoms with Crippen molar-refractivity contribution in [3.05, 3.63) is 53.1 Å². The van der Waals surface area contributed by atoms with Crippen molar-refractivity contribution >= 4 is 35.0 Å². The molecule has 2 rings (SSSR count). The summed E-state index contributed by atoms with van der Waals surface area (Å²) in [4.78, 5) is 13.0. The maximum Gasteiger partial charge on any atom is 0.225 e. The van der Waals surface area contributed by atoms with E-state index >= 15 is 0 Å². The zero-order chi connectivity index (χ0) is 16.7. The van der Waals surface area contributed by atoms with Crippen molar-refractivity contribution < 1.29 is 9.53 Å². The number of hydrogen-bond acceptors (Lipinski definition) is 4. The predicted molar refractivity (Wildman–Crippen MR) is 93.1 cm³/mol. The van der Waals surface area contributed by atoms with Crippen LogP contribution in [-0.2, 0) is 4.79 Å². The number of nitrogens with one attached hydrogen (secondary N) is 1. The Labute approximate surface area is 144 Å². The lowest BCUT2D eigenvalue weighted by molar-refractivity contribution is -0.115. The minimum atomic E-state index is -0.0909. The molecule has 0 aromatic heterocycles. The fraction of sp³-hybridized carbons (Fsp3) is 0.176. The van der Waals surface area contributed by atoms with E-state index in [1.54, 1.807) is 37.1 Å². The molecule has 0 fully saturated rings. The van der Waals surface area contributed by atoms with Gasteiger partial charge in [0.05, 0.1) is 17.7 Å². The summed E-state index contributed by atoms with van der Waals surface area (Å²) in [5.74, 6) is 1.39. The third-order valence-electron chi connectivity index (χ3n) is 3.03. The Morgan fingerprint density at radius 1 is 1.30 bits per heavy atom. The van der Waals surface area contributed by atoms with Crippen LogP contribution in [0.15, 0.2) is 47.4 Å². The van der Waals surface area contributed by atoms with Gasteiger partial charge in [-0.25, -0.2) is 0 Å². The standard InChI is InChI=1S/C17H15ClN2O2S/c1-22-14-4-6-15(7-5-14)23-9-8-17(21)20-13-3-2-12(11-19)16(18)10-13/h2-7,10H,8-9H2,1H3,(H,20,21). The maximum absolute atomic E-state index is 11.9. The number of amides is 1. The second-order valence-corrected chi connectivity index (χ2v) is 6.20. The highest BCUT2D eigenvalue weighted by molar-refractivity contribution is 7.99. The van der Waals surface area contributed by atoms with Gasteiger partial charge in [0.1, 0.15) is 11.8 Å². The van der Waals surface area contributed by atoms with E-state index < -0.39 is 0 Å². The predicted octanol–water partition coefficient (Wildman–Crippen LogP) is 4.34. The summed E-state index contributed by atoms with van der Waals surface area (Å²) in [6.45, 7) is 0. The van der Waals surface area contributed by atoms with Crippen molar-refractivity contribution in [3.63, 3.8) is 0 Å². The average molecular weight is 347 g/mol. The lowest BCUT2D eigenvalue weighted by Crippen LogP contribution is -2.12. The van der Waals surface area contributed by atoms with Crippen molar-refractivity contribution in [1.29, 1.82) is 5.26 Å². The van der Waals surface area contributed by atoms with Gasteiger partial charge in [0.25, 0.3) is 0 Å². The Morgan fingerprint density at radius 2 is 2.04 bits per heavy atom. The topological polar surface area (TPSA) is 62.1 Å². The Bertz CT molecular complexity index is 726. The SMILES string of the molecule is COc1ccc(SCCC(=O)Nc2ccc(C#N)c(Cl)c2)cc1. The van der Waals surface area contributed by atoms with E-state index in [4.69, 9.17) is 21.6 Å². The van der Waals surface area contributed by atoms with Crippen molar-refractivity contribution in [1.82, 2.24) is 0 Å². The van der Waals surface area contributed by atoms with Gasteiger partial charge in [-0.05, 0) is 42.5 Å². The molecule has 0 heterocycles. The molecule has 0 aliphatic carbocycles. The number of carbonyl (C=O) groups excluding carboxylic acids is 1. The summed E-state index contributed by atoms with van der Waals surface area (Å²) in [5.41, 5.74) is 0.980. The molecule has 0 unspecified atom stereocenters. The quantitative estimate of drug-likeness (QED) is 0.790. The molecule has 0 aliphatic heterocycles. The van der Waals surface area contributed by atoms with Crippen molar-refractivity contribution in [2.24, 2.45) is 0 Å². The molecule has 0 saturated heterocycles. The molecule has 0 saturated carbocycles. The number of nitrogens with zero attached hydrogens (tertiary/aromatic N) is 1. The fourth-order valence-corrected chi connectivity index (χ4v) is 2.92. The van der Waals surface area contributed by atoms with E-state index in [-0.39, 0.29) is 5.91 Å². The van der Waals surface area contributed by atoms with E-state index in [2.05, 4.69) is 5.32 Å². The van der Waals surface area contributed by atoms with E-state index in [9.17, 15) is 4.79 Å². The number of hydrogen-bond donors (Lipinski definition) is 1. The van der Waals surface area contributed by atoms with Gasteiger partial charge in [-0.1, -0.05) is 11.6 Å². The first kappa shape index (κ1) is 17.2. The summed E-state index contributed by atoms with van der Waals surface area (Å²) in [6.07, 6.45) is 0.383. The van der Waals surface area contributed by atoms with Gasteiger partial charge in [0.15, 0.2) is 0 Å². The summed E-state index contributed by atoms with van der Waals surface area (Å²) in [6, 6.07) is 14.5. The molecule has 0 aliphatic rings. The number of benzene rings is 2. The lowest BCUT2D eigenvalue weighted by Gasteiger charge is -2.06. The number of rotatable bonds is 6. The molecule has 23 heavy (non-hydrogen) atoms. The molecule has 2 aromatic rings. The van der Waals surface area contributed by atoms with E-state index in [1.165, 1.54) is 0 Å². The Hall–Kier alpha value is -2.16. The monoisotopic (exact) mass is 346 g/mol. The van der Waals surface area contributed by atoms with Crippen LogP contribution in [0, 0.1) is 11.3 Å². The zero-order valence-electron chi connectivity index (χ0n) is 12.5. The molecule has 1 amide bonds. The Kier molecular flexibility index (Phi) is 6.33. The lowest BCUT2D eigenvalue weighted by atomic mass is 10.2. The number of thioether (sulfide) groups is 1. The third kappa shape index (κ3) is 5.20. The highest BCUT2D eigenvalue weighted by Crippen LogP contribution is 2.23. The number of methoxy groups -OCH3 is 1. The van der Waals surface area contributed by atoms with Gasteiger partial charge >= 0.3 is 0 Å². The van der Waals surface area contributed by atoms with E-state index in [0.29, 0.717) is 28.4 Å². The number of halogens is 1. The first-order chi connectivity index (χ1) is 11.1. The van der Waals surface area contributed by atoms with Crippen LogP contribution in [0.3, 0.4) is 0 Å². The summed E-state index contributed by atoms with van der Waals surface area (Å²) >= 11 is 7.54. The van der Waals surface area contributed by atoms with Gasteiger partial charge < -0.3 is 10.1 Å². The van der Waals surface area contributed by atoms with Crippen molar-refractivity contribution in [2.45, 2.75) is 11.3 Å². The van der Waals surface area contributed by atoms with Gasteiger partial charge in [-0.2, -0.15) is 5.26 Å². The normalized spacial score (nSPS) is 9.96. The number of ether oxygens (including phenoxy) is 1. The molecule has 0 spiro atoms. The van der Waals surface area contributed by atoms with Crippen LogP contribution in [0.25, 0.3) is 0 Å². The molecule has 0 atom stereocenters. The second kappa shape index (κ2) is 8.47. The molecular formula is C17H15ClN2O2S. The number of carbonyl (C=O) groups is 1. The van der Waals surface area contributed by atoms with Gasteiger partial charge in [-0.3, -0.25) is 4.79 Å². The van der Waals surface area contributed by atoms with Crippen LogP contribution >= 0.6 is 23.4 Å². The maximum atomic E-state index is 11.9. The van der Waals surface area contributed by atoms with Crippen molar-refractivity contribution in [3.8, 4) is 11.8 Å². The van der Waals surface area contributed by atoms with E-state index in [0.717, 1.165) is 10.6 Å². The number of nitriles is 1. The first-order valence-corrected chi connectivity index (χ1v) is 8.25. The van der Waals surface area contributed by atoms with Crippen LogP contribution in [0.2, 0.25) is 5.02 Å². The average Bonchev–Trinajstić information content (AvgIpc) is 2.55. The van der Waals surface area contributed by atoms with Gasteiger partial charge in [0.2, 0.25) is 5.91 Å². The highest BCUT2D eigenvalue weighted by atomic mass is 35.5. The minimum Gasteiger partial charge on any atom is -0.497 e. The summed E-state index contributed by atoms with van der Waals surface area (Å²) < 4.78 is 5.10. The third-order valence-corrected chi connectivity index (χ3v) is 4.36. The van der Waals surface area contributed by atoms with Gasteiger partial charge in [-0.15, -0.1) is 11.8 Å². The highest BCUT2D eigenvalue weighted by Gasteiger charge is 2.06. The van der Waals surface area contributed by atoms with Crippen LogP contribution < -0.4 is 10.1 Å². The molecular weight excluding hydrogens is 332 g/mol. The Morgan fingerprint density at radius 3 is 2.65 bits per heavy atom. The molecule has 118 valence electrons. The summed E-state index contributed by atoms with van der Waals surface area (Å²) in [5, 5.41) is 11.9. The largest absolute Gasteiger partial charge is 0.497 e. The summed E-state index contributed by atoms with van der Waals surface area (Å²) in [7, 11) is 1.63. The molecule has 4 nitrogen and oxygen atoms in total. The molecule has 2 aromatic carbocycles. The minimum absolute atomic E-state index is 0.0909. The number of anilines is 1.